The van der Waals surface area contributed by atoms with E-state index >= 15 is 0 Å². The van der Waals surface area contributed by atoms with Crippen LogP contribution in [0.15, 0.2) is 36.4 Å². The van der Waals surface area contributed by atoms with E-state index in [-0.39, 0.29) is 47.2 Å². The van der Waals surface area contributed by atoms with E-state index in [4.69, 9.17) is 22.9 Å². The first-order valence-electron chi connectivity index (χ1n) is 13.3. The second kappa shape index (κ2) is 13.6. The van der Waals surface area contributed by atoms with Gasteiger partial charge >= 0.3 is 0 Å². The van der Waals surface area contributed by atoms with Gasteiger partial charge in [-0.2, -0.15) is 25.3 Å². The first kappa shape index (κ1) is 33.4. The number of benzene rings is 2. The summed E-state index contributed by atoms with van der Waals surface area (Å²) in [6, 6.07) is 3.64. The van der Waals surface area contributed by atoms with Gasteiger partial charge in [0.2, 0.25) is 10.2 Å². The molecule has 0 aliphatic carbocycles. The summed E-state index contributed by atoms with van der Waals surface area (Å²) in [5.74, 6) is -1.11. The van der Waals surface area contributed by atoms with E-state index in [1.165, 1.54) is 36.4 Å². The Bertz CT molecular complexity index is 1680. The number of fused-ring (bicyclic) bond motifs is 2. The highest BCUT2D eigenvalue weighted by Crippen LogP contribution is 2.29. The Hall–Kier alpha value is -3.51. The van der Waals surface area contributed by atoms with Crippen LogP contribution in [0.25, 0.3) is 21.8 Å². The van der Waals surface area contributed by atoms with Gasteiger partial charge < -0.3 is 43.1 Å². The second-order valence-corrected chi connectivity index (χ2v) is 12.3. The van der Waals surface area contributed by atoms with Gasteiger partial charge in [0.1, 0.15) is 11.5 Å². The standard InChI is InChI=1S/C28H32N6O7S3/c29-17(7-15-13-3-1-11(35)5-21(13)33-23(15)25(37)19(31)9-42)27(39)44(41)28(40)18(30)8-16-14-4-2-12(36)6-22(14)34-24(16)26(38)20(32)10-43/h1-6,17-20,33-36,42-43H,7-10,29-32H2/t17-,18-,19-,20-/m0/s1. The molecule has 4 aromatic rings. The number of aromatic nitrogens is 2. The zero-order chi connectivity index (χ0) is 32.5. The van der Waals surface area contributed by atoms with E-state index < -0.39 is 56.8 Å². The summed E-state index contributed by atoms with van der Waals surface area (Å²) in [5.41, 5.74) is 25.5. The molecule has 0 saturated heterocycles. The van der Waals surface area contributed by atoms with Crippen molar-refractivity contribution in [2.45, 2.75) is 37.0 Å². The average Bonchev–Trinajstić information content (AvgIpc) is 3.54. The van der Waals surface area contributed by atoms with Crippen molar-refractivity contribution in [3.8, 4) is 11.5 Å². The molecular formula is C28H32N6O7S3. The molecule has 234 valence electrons. The number of carbonyl (C=O) groups excluding carboxylic acids is 4. The van der Waals surface area contributed by atoms with Crippen molar-refractivity contribution in [2.75, 3.05) is 11.5 Å². The summed E-state index contributed by atoms with van der Waals surface area (Å²) < 4.78 is 13.1. The molecule has 44 heavy (non-hydrogen) atoms. The molecule has 0 fully saturated rings. The molecule has 16 heteroatoms. The number of H-pyrrole nitrogens is 2. The maximum absolute atomic E-state index is 13.1. The molecular weight excluding hydrogens is 629 g/mol. The van der Waals surface area contributed by atoms with Crippen molar-refractivity contribution in [3.05, 3.63) is 58.9 Å². The van der Waals surface area contributed by atoms with Crippen molar-refractivity contribution in [1.82, 2.24) is 9.97 Å². The fourth-order valence-corrected chi connectivity index (χ4v) is 6.10. The van der Waals surface area contributed by atoms with E-state index in [1.807, 2.05) is 0 Å². The van der Waals surface area contributed by atoms with Crippen LogP contribution >= 0.6 is 25.3 Å². The quantitative estimate of drug-likeness (QED) is 0.0724. The third-order valence-corrected chi connectivity index (χ3v) is 9.28. The van der Waals surface area contributed by atoms with Crippen LogP contribution in [0.3, 0.4) is 0 Å². The van der Waals surface area contributed by atoms with Crippen LogP contribution < -0.4 is 22.9 Å². The number of phenols is 2. The van der Waals surface area contributed by atoms with Crippen LogP contribution in [0.1, 0.15) is 32.1 Å². The topological polar surface area (TPSA) is 261 Å². The average molecular weight is 661 g/mol. The Morgan fingerprint density at radius 1 is 0.682 bits per heavy atom. The van der Waals surface area contributed by atoms with Gasteiger partial charge in [-0.1, -0.05) is 0 Å². The van der Waals surface area contributed by atoms with Crippen LogP contribution in [0.5, 0.6) is 11.5 Å². The minimum absolute atomic E-state index is 0.0335. The predicted octanol–water partition coefficient (Wildman–Crippen LogP) is 0.182. The fourth-order valence-electron chi connectivity index (χ4n) is 4.85. The SMILES string of the molecule is N[C@@H](CS)C(=O)c1[nH]c2cc(O)ccc2c1C[C@H](N)C(=O)S(=O)C(=O)[C@@H](N)Cc1c(C(=O)[C@@H](N)CS)[nH]c2cc(O)ccc12. The van der Waals surface area contributed by atoms with Gasteiger partial charge in [0.15, 0.2) is 22.4 Å². The summed E-state index contributed by atoms with van der Waals surface area (Å²) in [6.07, 6.45) is -0.575. The van der Waals surface area contributed by atoms with Crippen molar-refractivity contribution in [3.63, 3.8) is 0 Å². The van der Waals surface area contributed by atoms with Gasteiger partial charge in [0.25, 0.3) is 0 Å². The number of carbonyl (C=O) groups is 4. The van der Waals surface area contributed by atoms with Crippen LogP contribution in [-0.2, 0) is 33.2 Å². The zero-order valence-corrected chi connectivity index (χ0v) is 25.8. The highest BCUT2D eigenvalue weighted by molar-refractivity contribution is 8.13. The third kappa shape index (κ3) is 6.61. The number of hydrogen-bond donors (Lipinski definition) is 10. The molecule has 0 unspecified atom stereocenters. The number of aromatic hydroxyl groups is 2. The molecule has 2 heterocycles. The van der Waals surface area contributed by atoms with Crippen LogP contribution in [0.4, 0.5) is 0 Å². The Kier molecular flexibility index (Phi) is 10.3. The van der Waals surface area contributed by atoms with Crippen molar-refractivity contribution < 1.29 is 33.6 Å². The fraction of sp³-hybridized carbons (Fsp3) is 0.286. The van der Waals surface area contributed by atoms with E-state index in [0.29, 0.717) is 32.9 Å². The van der Waals surface area contributed by atoms with Crippen LogP contribution in [0, 0.1) is 0 Å². The van der Waals surface area contributed by atoms with Gasteiger partial charge in [-0.25, -0.2) is 4.21 Å². The van der Waals surface area contributed by atoms with E-state index in [1.54, 1.807) is 0 Å². The highest BCUT2D eigenvalue weighted by Gasteiger charge is 2.34. The molecule has 0 radical (unpaired) electrons. The number of nitrogens with one attached hydrogen (secondary N) is 2. The second-order valence-electron chi connectivity index (χ2n) is 10.3. The molecule has 2 aromatic heterocycles. The predicted molar refractivity (Wildman–Crippen MR) is 174 cm³/mol. The maximum atomic E-state index is 13.1. The number of ketones is 2. The molecule has 13 nitrogen and oxygen atoms in total. The molecule has 2 aromatic carbocycles. The smallest absolute Gasteiger partial charge is 0.243 e. The van der Waals surface area contributed by atoms with Gasteiger partial charge in [-0.05, 0) is 48.2 Å². The minimum Gasteiger partial charge on any atom is -0.508 e. The Balaban J connectivity index is 1.58. The van der Waals surface area contributed by atoms with Gasteiger partial charge in [0, 0.05) is 45.4 Å². The highest BCUT2D eigenvalue weighted by atomic mass is 32.2. The Morgan fingerprint density at radius 2 is 1.05 bits per heavy atom. The number of aromatic amines is 2. The number of phenolic OH excluding ortho intramolecular Hbond substituents is 2. The molecule has 0 bridgehead atoms. The van der Waals surface area contributed by atoms with Gasteiger partial charge in [-0.3, -0.25) is 19.2 Å². The summed E-state index contributed by atoms with van der Waals surface area (Å²) in [5, 5.41) is 18.5. The number of rotatable bonds is 12. The normalized spacial score (nSPS) is 14.5. The number of Topliss-reactive ketones (excluding diaryl/α,β-unsaturated/α-hetero) is 2. The number of hydrogen-bond acceptors (Lipinski definition) is 13. The molecule has 4 atom stereocenters. The molecule has 0 aliphatic heterocycles. The van der Waals surface area contributed by atoms with E-state index in [9.17, 15) is 33.6 Å². The summed E-state index contributed by atoms with van der Waals surface area (Å²) in [6.45, 7) is 0. The molecule has 4 rings (SSSR count). The van der Waals surface area contributed by atoms with Crippen LogP contribution in [0.2, 0.25) is 0 Å². The monoisotopic (exact) mass is 660 g/mol. The van der Waals surface area contributed by atoms with Crippen molar-refractivity contribution in [1.29, 1.82) is 0 Å². The lowest BCUT2D eigenvalue weighted by Gasteiger charge is -2.15. The lowest BCUT2D eigenvalue weighted by Crippen LogP contribution is -2.43. The van der Waals surface area contributed by atoms with E-state index in [0.717, 1.165) is 0 Å². The lowest BCUT2D eigenvalue weighted by molar-refractivity contribution is -0.115. The van der Waals surface area contributed by atoms with Crippen LogP contribution in [-0.4, -0.2) is 81.9 Å². The van der Waals surface area contributed by atoms with Crippen molar-refractivity contribution >= 4 is 79.7 Å². The van der Waals surface area contributed by atoms with E-state index in [2.05, 4.69) is 35.2 Å². The zero-order valence-electron chi connectivity index (χ0n) is 23.1. The molecule has 0 spiro atoms. The lowest BCUT2D eigenvalue weighted by atomic mass is 9.99. The first-order chi connectivity index (χ1) is 20.8. The molecule has 12 N–H and O–H groups in total. The molecule has 0 amide bonds. The Labute approximate surface area is 264 Å². The maximum Gasteiger partial charge on any atom is 0.243 e. The number of nitrogens with two attached hydrogens (primary N) is 4. The Morgan fingerprint density at radius 3 is 1.39 bits per heavy atom. The summed E-state index contributed by atoms with van der Waals surface area (Å²) in [7, 11) is -2.79. The van der Waals surface area contributed by atoms with Gasteiger partial charge in [0.05, 0.1) is 35.6 Å². The minimum atomic E-state index is -2.79. The number of thiol groups is 2. The molecule has 0 aliphatic rings. The largest absolute Gasteiger partial charge is 0.508 e. The summed E-state index contributed by atoms with van der Waals surface area (Å²) >= 11 is 8.14. The first-order valence-corrected chi connectivity index (χ1v) is 15.7. The summed E-state index contributed by atoms with van der Waals surface area (Å²) in [4.78, 5) is 58.0. The van der Waals surface area contributed by atoms with Gasteiger partial charge in [-0.15, -0.1) is 0 Å². The van der Waals surface area contributed by atoms with Crippen molar-refractivity contribution in [2.24, 2.45) is 22.9 Å². The molecule has 0 saturated carbocycles. The third-order valence-electron chi connectivity index (χ3n) is 7.16.